The summed E-state index contributed by atoms with van der Waals surface area (Å²) in [7, 11) is 0. The lowest BCUT2D eigenvalue weighted by Crippen LogP contribution is -2.42. The SMILES string of the molecule is CC(CN1CCOCC1)Nc1ncnc2c1CCCCC2. The summed E-state index contributed by atoms with van der Waals surface area (Å²) in [6.07, 6.45) is 7.75. The second kappa shape index (κ2) is 7.18. The Hall–Kier alpha value is -1.20. The van der Waals surface area contributed by atoms with Gasteiger partial charge in [0.25, 0.3) is 0 Å². The zero-order valence-corrected chi connectivity index (χ0v) is 13.0. The molecule has 1 atom stereocenters. The van der Waals surface area contributed by atoms with Gasteiger partial charge < -0.3 is 10.1 Å². The molecule has 1 N–H and O–H groups in total. The molecule has 0 amide bonds. The number of fused-ring (bicyclic) bond motifs is 1. The topological polar surface area (TPSA) is 50.3 Å². The molecule has 1 aromatic rings. The molecule has 5 heteroatoms. The second-order valence-corrected chi connectivity index (χ2v) is 6.17. The van der Waals surface area contributed by atoms with Crippen LogP contribution in [0.1, 0.15) is 37.4 Å². The van der Waals surface area contributed by atoms with Gasteiger partial charge in [0, 0.05) is 36.9 Å². The van der Waals surface area contributed by atoms with Crippen molar-refractivity contribution in [2.24, 2.45) is 0 Å². The number of rotatable bonds is 4. The van der Waals surface area contributed by atoms with Crippen LogP contribution in [0.15, 0.2) is 6.33 Å². The Morgan fingerprint density at radius 3 is 2.86 bits per heavy atom. The highest BCUT2D eigenvalue weighted by atomic mass is 16.5. The molecular formula is C16H26N4O. The molecule has 2 heterocycles. The first kappa shape index (κ1) is 14.7. The van der Waals surface area contributed by atoms with E-state index in [0.717, 1.165) is 51.5 Å². The quantitative estimate of drug-likeness (QED) is 0.858. The molecule has 0 spiro atoms. The first-order chi connectivity index (χ1) is 10.3. The zero-order chi connectivity index (χ0) is 14.5. The normalized spacial score (nSPS) is 21.4. The summed E-state index contributed by atoms with van der Waals surface area (Å²) in [6.45, 7) is 7.07. The minimum absolute atomic E-state index is 0.394. The molecule has 3 rings (SSSR count). The third kappa shape index (κ3) is 3.92. The molecule has 1 unspecified atom stereocenters. The van der Waals surface area contributed by atoms with Crippen LogP contribution in [0.2, 0.25) is 0 Å². The Morgan fingerprint density at radius 2 is 2.00 bits per heavy atom. The minimum Gasteiger partial charge on any atom is -0.379 e. The van der Waals surface area contributed by atoms with Gasteiger partial charge in [-0.3, -0.25) is 4.90 Å². The average molecular weight is 290 g/mol. The van der Waals surface area contributed by atoms with E-state index in [2.05, 4.69) is 27.1 Å². The van der Waals surface area contributed by atoms with Crippen molar-refractivity contribution in [3.05, 3.63) is 17.6 Å². The number of hydrogen-bond acceptors (Lipinski definition) is 5. The summed E-state index contributed by atoms with van der Waals surface area (Å²) in [5.41, 5.74) is 2.60. The highest BCUT2D eigenvalue weighted by Gasteiger charge is 2.18. The van der Waals surface area contributed by atoms with Gasteiger partial charge in [-0.15, -0.1) is 0 Å². The third-order valence-corrected chi connectivity index (χ3v) is 4.39. The van der Waals surface area contributed by atoms with Gasteiger partial charge in [-0.1, -0.05) is 6.42 Å². The van der Waals surface area contributed by atoms with Crippen LogP contribution in [0.5, 0.6) is 0 Å². The van der Waals surface area contributed by atoms with Gasteiger partial charge in [-0.25, -0.2) is 9.97 Å². The predicted molar refractivity (Wildman–Crippen MR) is 83.6 cm³/mol. The Kier molecular flexibility index (Phi) is 5.04. The van der Waals surface area contributed by atoms with Crippen LogP contribution in [-0.2, 0) is 17.6 Å². The molecule has 21 heavy (non-hydrogen) atoms. The smallest absolute Gasteiger partial charge is 0.133 e. The van der Waals surface area contributed by atoms with E-state index in [-0.39, 0.29) is 0 Å². The summed E-state index contributed by atoms with van der Waals surface area (Å²) in [4.78, 5) is 11.4. The van der Waals surface area contributed by atoms with Crippen LogP contribution in [0.4, 0.5) is 5.82 Å². The van der Waals surface area contributed by atoms with Crippen molar-refractivity contribution in [1.82, 2.24) is 14.9 Å². The molecule has 0 saturated carbocycles. The lowest BCUT2D eigenvalue weighted by atomic mass is 10.1. The van der Waals surface area contributed by atoms with Gasteiger partial charge in [-0.2, -0.15) is 0 Å². The van der Waals surface area contributed by atoms with E-state index in [4.69, 9.17) is 4.74 Å². The maximum Gasteiger partial charge on any atom is 0.133 e. The van der Waals surface area contributed by atoms with Gasteiger partial charge in [0.1, 0.15) is 12.1 Å². The molecule has 1 saturated heterocycles. The summed E-state index contributed by atoms with van der Waals surface area (Å²) in [5, 5.41) is 3.61. The zero-order valence-electron chi connectivity index (χ0n) is 13.0. The number of morpholine rings is 1. The fraction of sp³-hybridized carbons (Fsp3) is 0.750. The van der Waals surface area contributed by atoms with Crippen molar-refractivity contribution in [2.75, 3.05) is 38.2 Å². The van der Waals surface area contributed by atoms with Crippen molar-refractivity contribution >= 4 is 5.82 Å². The maximum absolute atomic E-state index is 5.41. The average Bonchev–Trinajstić information content (AvgIpc) is 2.74. The van der Waals surface area contributed by atoms with E-state index >= 15 is 0 Å². The van der Waals surface area contributed by atoms with Crippen molar-refractivity contribution in [2.45, 2.75) is 45.1 Å². The fourth-order valence-corrected chi connectivity index (χ4v) is 3.27. The number of hydrogen-bond donors (Lipinski definition) is 1. The van der Waals surface area contributed by atoms with Crippen molar-refractivity contribution in [3.8, 4) is 0 Å². The van der Waals surface area contributed by atoms with Gasteiger partial charge in [0.05, 0.1) is 13.2 Å². The molecular weight excluding hydrogens is 264 g/mol. The Labute approximate surface area is 127 Å². The molecule has 1 aliphatic carbocycles. The summed E-state index contributed by atoms with van der Waals surface area (Å²) >= 11 is 0. The van der Waals surface area contributed by atoms with E-state index < -0.39 is 0 Å². The lowest BCUT2D eigenvalue weighted by molar-refractivity contribution is 0.0368. The minimum atomic E-state index is 0.394. The van der Waals surface area contributed by atoms with Crippen LogP contribution in [0.25, 0.3) is 0 Å². The fourth-order valence-electron chi connectivity index (χ4n) is 3.27. The lowest BCUT2D eigenvalue weighted by Gasteiger charge is -2.29. The van der Waals surface area contributed by atoms with E-state index in [1.807, 2.05) is 0 Å². The first-order valence-electron chi connectivity index (χ1n) is 8.22. The molecule has 0 aromatic carbocycles. The number of ether oxygens (including phenoxy) is 1. The van der Waals surface area contributed by atoms with Gasteiger partial charge >= 0.3 is 0 Å². The summed E-state index contributed by atoms with van der Waals surface area (Å²) in [5.74, 6) is 1.06. The van der Waals surface area contributed by atoms with Gasteiger partial charge in [0.15, 0.2) is 0 Å². The number of anilines is 1. The van der Waals surface area contributed by atoms with Crippen LogP contribution in [0.3, 0.4) is 0 Å². The number of aryl methyl sites for hydroxylation is 1. The number of nitrogens with zero attached hydrogens (tertiary/aromatic N) is 3. The maximum atomic E-state index is 5.41. The predicted octanol–water partition coefficient (Wildman–Crippen LogP) is 1.88. The molecule has 116 valence electrons. The van der Waals surface area contributed by atoms with E-state index in [9.17, 15) is 0 Å². The van der Waals surface area contributed by atoms with Crippen LogP contribution in [-0.4, -0.2) is 53.8 Å². The van der Waals surface area contributed by atoms with Gasteiger partial charge in [-0.05, 0) is 32.6 Å². The molecule has 1 aromatic heterocycles. The molecule has 1 fully saturated rings. The highest BCUT2D eigenvalue weighted by Crippen LogP contribution is 2.24. The Bertz CT molecular complexity index is 460. The molecule has 2 aliphatic rings. The van der Waals surface area contributed by atoms with Crippen molar-refractivity contribution in [1.29, 1.82) is 0 Å². The van der Waals surface area contributed by atoms with E-state index in [1.54, 1.807) is 6.33 Å². The Morgan fingerprint density at radius 1 is 1.19 bits per heavy atom. The van der Waals surface area contributed by atoms with Crippen LogP contribution in [0, 0.1) is 0 Å². The molecule has 0 bridgehead atoms. The van der Waals surface area contributed by atoms with Crippen LogP contribution < -0.4 is 5.32 Å². The van der Waals surface area contributed by atoms with Crippen molar-refractivity contribution in [3.63, 3.8) is 0 Å². The summed E-state index contributed by atoms with van der Waals surface area (Å²) in [6, 6.07) is 0.394. The molecule has 5 nitrogen and oxygen atoms in total. The Balaban J connectivity index is 1.63. The highest BCUT2D eigenvalue weighted by molar-refractivity contribution is 5.47. The van der Waals surface area contributed by atoms with Crippen LogP contribution >= 0.6 is 0 Å². The monoisotopic (exact) mass is 290 g/mol. The van der Waals surface area contributed by atoms with E-state index in [1.165, 1.54) is 30.5 Å². The first-order valence-corrected chi connectivity index (χ1v) is 8.22. The number of aromatic nitrogens is 2. The van der Waals surface area contributed by atoms with Gasteiger partial charge in [0.2, 0.25) is 0 Å². The summed E-state index contributed by atoms with van der Waals surface area (Å²) < 4.78 is 5.41. The molecule has 0 radical (unpaired) electrons. The largest absolute Gasteiger partial charge is 0.379 e. The third-order valence-electron chi connectivity index (χ3n) is 4.39. The second-order valence-electron chi connectivity index (χ2n) is 6.17. The van der Waals surface area contributed by atoms with Crippen molar-refractivity contribution < 1.29 is 4.74 Å². The molecule has 1 aliphatic heterocycles. The standard InChI is InChI=1S/C16H26N4O/c1-13(11-20-7-9-21-10-8-20)19-16-14-5-3-2-4-6-15(14)17-12-18-16/h12-13H,2-11H2,1H3,(H,17,18,19). The number of nitrogens with one attached hydrogen (secondary N) is 1. The van der Waals surface area contributed by atoms with E-state index in [0.29, 0.717) is 6.04 Å².